The van der Waals surface area contributed by atoms with Crippen LogP contribution in [0.5, 0.6) is 0 Å². The minimum Gasteiger partial charge on any atom is -0.464 e. The highest BCUT2D eigenvalue weighted by molar-refractivity contribution is 5.90. The molecule has 126 valence electrons. The van der Waals surface area contributed by atoms with Crippen LogP contribution in [-0.4, -0.2) is 35.0 Å². The molecule has 1 aliphatic rings. The molecule has 7 nitrogen and oxygen atoms in total. The van der Waals surface area contributed by atoms with E-state index in [1.54, 1.807) is 12.1 Å². The van der Waals surface area contributed by atoms with Gasteiger partial charge in [0.1, 0.15) is 12.1 Å². The monoisotopic (exact) mass is 333 g/mol. The van der Waals surface area contributed by atoms with Gasteiger partial charge in [-0.05, 0) is 25.0 Å². The summed E-state index contributed by atoms with van der Waals surface area (Å²) in [6.07, 6.45) is 2.89. The number of urea groups is 1. The number of esters is 1. The zero-order valence-electron chi connectivity index (χ0n) is 13.0. The maximum absolute atomic E-state index is 13.7. The Morgan fingerprint density at radius 1 is 1.42 bits per heavy atom. The summed E-state index contributed by atoms with van der Waals surface area (Å²) in [7, 11) is 1.25. The number of methoxy groups -OCH3 is 1. The van der Waals surface area contributed by atoms with Crippen LogP contribution in [0.1, 0.15) is 29.2 Å². The Kier molecular flexibility index (Phi) is 4.45. The number of carbonyl (C=O) groups excluding carboxylic acids is 2. The molecule has 8 heteroatoms. The topological polar surface area (TPSA) is 84.7 Å². The van der Waals surface area contributed by atoms with Crippen molar-refractivity contribution in [2.45, 2.75) is 25.4 Å². The summed E-state index contributed by atoms with van der Waals surface area (Å²) in [6.45, 7) is 0.0853. The Bertz CT molecular complexity index is 757. The zero-order chi connectivity index (χ0) is 17.1. The molecular formula is C16H16FN3O4. The average Bonchev–Trinajstić information content (AvgIpc) is 3.31. The van der Waals surface area contributed by atoms with Gasteiger partial charge in [-0.2, -0.15) is 0 Å². The van der Waals surface area contributed by atoms with Gasteiger partial charge in [-0.3, -0.25) is 0 Å². The van der Waals surface area contributed by atoms with Crippen molar-refractivity contribution < 1.29 is 23.1 Å². The quantitative estimate of drug-likeness (QED) is 0.851. The summed E-state index contributed by atoms with van der Waals surface area (Å²) in [6, 6.07) is 5.54. The summed E-state index contributed by atoms with van der Waals surface area (Å²) in [5.74, 6) is -0.907. The van der Waals surface area contributed by atoms with E-state index in [2.05, 4.69) is 15.0 Å². The molecule has 1 heterocycles. The number of nitrogens with one attached hydrogen (secondary N) is 1. The Morgan fingerprint density at radius 2 is 2.17 bits per heavy atom. The van der Waals surface area contributed by atoms with Crippen molar-refractivity contribution in [3.63, 3.8) is 0 Å². The SMILES string of the molecule is COC(=O)c1coc(CN(C(=O)Nc2ccccc2F)C2CC2)n1. The third-order valence-electron chi connectivity index (χ3n) is 3.62. The molecule has 0 saturated heterocycles. The van der Waals surface area contributed by atoms with Gasteiger partial charge in [-0.15, -0.1) is 0 Å². The molecule has 1 saturated carbocycles. The number of carbonyl (C=O) groups is 2. The predicted octanol–water partition coefficient (Wildman–Crippen LogP) is 2.80. The van der Waals surface area contributed by atoms with Crippen LogP contribution in [0.25, 0.3) is 0 Å². The van der Waals surface area contributed by atoms with Gasteiger partial charge in [0.2, 0.25) is 5.89 Å². The summed E-state index contributed by atoms with van der Waals surface area (Å²) < 4.78 is 23.4. The fraction of sp³-hybridized carbons (Fsp3) is 0.312. The number of rotatable bonds is 5. The maximum Gasteiger partial charge on any atom is 0.360 e. The molecule has 0 radical (unpaired) electrons. The first-order valence-electron chi connectivity index (χ1n) is 7.43. The molecule has 1 N–H and O–H groups in total. The van der Waals surface area contributed by atoms with Gasteiger partial charge in [-0.25, -0.2) is 19.0 Å². The van der Waals surface area contributed by atoms with E-state index in [1.807, 2.05) is 0 Å². The molecule has 2 aromatic rings. The largest absolute Gasteiger partial charge is 0.464 e. The van der Waals surface area contributed by atoms with Gasteiger partial charge >= 0.3 is 12.0 Å². The van der Waals surface area contributed by atoms with Crippen LogP contribution in [-0.2, 0) is 11.3 Å². The first-order chi connectivity index (χ1) is 11.6. The van der Waals surface area contributed by atoms with Crippen LogP contribution in [0.4, 0.5) is 14.9 Å². The molecule has 2 amide bonds. The van der Waals surface area contributed by atoms with Crippen molar-refractivity contribution in [2.24, 2.45) is 0 Å². The lowest BCUT2D eigenvalue weighted by Crippen LogP contribution is -2.36. The Hall–Kier alpha value is -2.90. The highest BCUT2D eigenvalue weighted by Gasteiger charge is 2.34. The molecule has 3 rings (SSSR count). The second-order valence-corrected chi connectivity index (χ2v) is 5.39. The molecule has 0 unspecified atom stereocenters. The standard InChI is InChI=1S/C16H16FN3O4/c1-23-15(21)13-9-24-14(18-13)8-20(10-6-7-10)16(22)19-12-5-3-2-4-11(12)17/h2-5,9-10H,6-8H2,1H3,(H,19,22). The van der Waals surface area contributed by atoms with E-state index in [-0.39, 0.29) is 29.9 Å². The van der Waals surface area contributed by atoms with E-state index in [0.717, 1.165) is 12.8 Å². The van der Waals surface area contributed by atoms with E-state index >= 15 is 0 Å². The zero-order valence-corrected chi connectivity index (χ0v) is 13.0. The smallest absolute Gasteiger partial charge is 0.360 e. The van der Waals surface area contributed by atoms with E-state index in [0.29, 0.717) is 0 Å². The number of aromatic nitrogens is 1. The number of halogens is 1. The molecule has 1 aromatic heterocycles. The fourth-order valence-corrected chi connectivity index (χ4v) is 2.23. The maximum atomic E-state index is 13.7. The van der Waals surface area contributed by atoms with Crippen molar-refractivity contribution >= 4 is 17.7 Å². The van der Waals surface area contributed by atoms with E-state index < -0.39 is 17.8 Å². The number of ether oxygens (including phenoxy) is 1. The van der Waals surface area contributed by atoms with Crippen LogP contribution >= 0.6 is 0 Å². The van der Waals surface area contributed by atoms with Gasteiger partial charge in [0.25, 0.3) is 0 Å². The number of anilines is 1. The molecular weight excluding hydrogens is 317 g/mol. The second kappa shape index (κ2) is 6.69. The molecule has 0 bridgehead atoms. The fourth-order valence-electron chi connectivity index (χ4n) is 2.23. The minimum atomic E-state index is -0.612. The molecule has 24 heavy (non-hydrogen) atoms. The molecule has 0 aliphatic heterocycles. The lowest BCUT2D eigenvalue weighted by molar-refractivity contribution is 0.0594. The Labute approximate surface area is 137 Å². The summed E-state index contributed by atoms with van der Waals surface area (Å²) in [5, 5.41) is 2.54. The van der Waals surface area contributed by atoms with E-state index in [9.17, 15) is 14.0 Å². The van der Waals surface area contributed by atoms with Crippen LogP contribution < -0.4 is 5.32 Å². The van der Waals surface area contributed by atoms with Gasteiger partial charge in [-0.1, -0.05) is 12.1 Å². The highest BCUT2D eigenvalue weighted by Crippen LogP contribution is 2.29. The van der Waals surface area contributed by atoms with E-state index in [1.165, 1.54) is 30.4 Å². The first kappa shape index (κ1) is 16.0. The van der Waals surface area contributed by atoms with Crippen molar-refractivity contribution in [3.8, 4) is 0 Å². The Balaban J connectivity index is 1.71. The van der Waals surface area contributed by atoms with Gasteiger partial charge < -0.3 is 19.4 Å². The van der Waals surface area contributed by atoms with Crippen LogP contribution in [0, 0.1) is 5.82 Å². The second-order valence-electron chi connectivity index (χ2n) is 5.39. The normalized spacial score (nSPS) is 13.4. The average molecular weight is 333 g/mol. The summed E-state index contributed by atoms with van der Waals surface area (Å²) in [4.78, 5) is 29.3. The minimum absolute atomic E-state index is 0.0396. The third-order valence-corrected chi connectivity index (χ3v) is 3.62. The number of oxazole rings is 1. The van der Waals surface area contributed by atoms with Gasteiger partial charge in [0.15, 0.2) is 5.69 Å². The summed E-state index contributed by atoms with van der Waals surface area (Å²) >= 11 is 0. The Morgan fingerprint density at radius 3 is 2.83 bits per heavy atom. The van der Waals surface area contributed by atoms with Crippen LogP contribution in [0.15, 0.2) is 34.9 Å². The predicted molar refractivity (Wildman–Crippen MR) is 81.8 cm³/mol. The number of para-hydroxylation sites is 1. The van der Waals surface area contributed by atoms with Crippen LogP contribution in [0.3, 0.4) is 0 Å². The lowest BCUT2D eigenvalue weighted by atomic mass is 10.3. The third kappa shape index (κ3) is 3.53. The molecule has 1 fully saturated rings. The molecule has 1 aromatic carbocycles. The molecule has 0 spiro atoms. The van der Waals surface area contributed by atoms with Gasteiger partial charge in [0.05, 0.1) is 19.3 Å². The first-order valence-corrected chi connectivity index (χ1v) is 7.43. The number of nitrogens with zero attached hydrogens (tertiary/aromatic N) is 2. The number of hydrogen-bond donors (Lipinski definition) is 1. The van der Waals surface area contributed by atoms with Crippen LogP contribution in [0.2, 0.25) is 0 Å². The number of benzene rings is 1. The van der Waals surface area contributed by atoms with Crippen molar-refractivity contribution in [2.75, 3.05) is 12.4 Å². The number of amides is 2. The summed E-state index contributed by atoms with van der Waals surface area (Å²) in [5.41, 5.74) is 0.147. The van der Waals surface area contributed by atoms with Crippen molar-refractivity contribution in [3.05, 3.63) is 47.9 Å². The molecule has 0 atom stereocenters. The number of hydrogen-bond acceptors (Lipinski definition) is 5. The van der Waals surface area contributed by atoms with Gasteiger partial charge in [0, 0.05) is 6.04 Å². The molecule has 1 aliphatic carbocycles. The van der Waals surface area contributed by atoms with E-state index in [4.69, 9.17) is 4.42 Å². The highest BCUT2D eigenvalue weighted by atomic mass is 19.1. The lowest BCUT2D eigenvalue weighted by Gasteiger charge is -2.21. The van der Waals surface area contributed by atoms with Crippen molar-refractivity contribution in [1.29, 1.82) is 0 Å². The van der Waals surface area contributed by atoms with Crippen molar-refractivity contribution in [1.82, 2.24) is 9.88 Å².